The number of aryl methyl sites for hydroxylation is 1. The van der Waals surface area contributed by atoms with Crippen LogP contribution < -0.4 is 0 Å². The molecule has 0 heterocycles. The Balaban J connectivity index is 2.32. The lowest BCUT2D eigenvalue weighted by Crippen LogP contribution is -1.83. The normalized spacial score (nSPS) is 10.3. The van der Waals surface area contributed by atoms with Gasteiger partial charge in [-0.15, -0.1) is 11.8 Å². The lowest BCUT2D eigenvalue weighted by atomic mass is 10.2. The van der Waals surface area contributed by atoms with E-state index in [9.17, 15) is 0 Å². The van der Waals surface area contributed by atoms with Crippen LogP contribution in [-0.4, -0.2) is 11.5 Å². The summed E-state index contributed by atoms with van der Waals surface area (Å²) in [5.74, 6) is 2.22. The molecule has 0 aliphatic carbocycles. The van der Waals surface area contributed by atoms with Crippen molar-refractivity contribution < 1.29 is 0 Å². The molecular weight excluding hydrogens is 196 g/mol. The van der Waals surface area contributed by atoms with E-state index < -0.39 is 0 Å². The molecule has 0 aliphatic rings. The van der Waals surface area contributed by atoms with Crippen molar-refractivity contribution >= 4 is 24.4 Å². The van der Waals surface area contributed by atoms with Gasteiger partial charge in [-0.3, -0.25) is 0 Å². The second kappa shape index (κ2) is 6.39. The summed E-state index contributed by atoms with van der Waals surface area (Å²) >= 11 is 6.14. The van der Waals surface area contributed by atoms with E-state index in [1.807, 2.05) is 11.8 Å². The van der Waals surface area contributed by atoms with Crippen LogP contribution >= 0.6 is 24.4 Å². The molecule has 2 heteroatoms. The van der Waals surface area contributed by atoms with Crippen molar-refractivity contribution in [1.82, 2.24) is 0 Å². The van der Waals surface area contributed by atoms with Crippen LogP contribution in [0.25, 0.3) is 0 Å². The van der Waals surface area contributed by atoms with Gasteiger partial charge in [0.15, 0.2) is 0 Å². The van der Waals surface area contributed by atoms with Crippen molar-refractivity contribution in [3.8, 4) is 0 Å². The van der Waals surface area contributed by atoms with Gasteiger partial charge in [0.2, 0.25) is 0 Å². The van der Waals surface area contributed by atoms with Crippen LogP contribution in [-0.2, 0) is 0 Å². The van der Waals surface area contributed by atoms with Crippen LogP contribution in [0.1, 0.15) is 18.4 Å². The summed E-state index contributed by atoms with van der Waals surface area (Å²) in [6.45, 7) is 2.17. The monoisotopic (exact) mass is 212 g/mol. The standard InChI is InChI=1S/C11H16S2/c1-10-6-2-3-7-11(10)13-9-5-4-8-12/h2-3,6-7,12H,4-5,8-9H2,1H3. The Morgan fingerprint density at radius 1 is 1.23 bits per heavy atom. The summed E-state index contributed by atoms with van der Waals surface area (Å²) in [7, 11) is 0. The first-order valence-corrected chi connectivity index (χ1v) is 6.25. The van der Waals surface area contributed by atoms with E-state index in [0.717, 1.165) is 5.75 Å². The zero-order valence-electron chi connectivity index (χ0n) is 7.99. The predicted octanol–water partition coefficient (Wildman–Crippen LogP) is 3.80. The number of thiol groups is 1. The van der Waals surface area contributed by atoms with Crippen molar-refractivity contribution in [3.63, 3.8) is 0 Å². The van der Waals surface area contributed by atoms with Crippen LogP contribution in [0.2, 0.25) is 0 Å². The molecule has 13 heavy (non-hydrogen) atoms. The highest BCUT2D eigenvalue weighted by atomic mass is 32.2. The fourth-order valence-corrected chi connectivity index (χ4v) is 2.38. The Hall–Kier alpha value is -0.0800. The molecule has 0 unspecified atom stereocenters. The second-order valence-corrected chi connectivity index (χ2v) is 4.63. The van der Waals surface area contributed by atoms with E-state index in [1.54, 1.807) is 0 Å². The summed E-state index contributed by atoms with van der Waals surface area (Å²) in [6.07, 6.45) is 2.49. The van der Waals surface area contributed by atoms with E-state index >= 15 is 0 Å². The lowest BCUT2D eigenvalue weighted by Gasteiger charge is -2.03. The van der Waals surface area contributed by atoms with Crippen LogP contribution in [0, 0.1) is 6.92 Å². The third-order valence-corrected chi connectivity index (χ3v) is 3.48. The Morgan fingerprint density at radius 3 is 2.69 bits per heavy atom. The minimum Gasteiger partial charge on any atom is -0.179 e. The molecule has 0 fully saturated rings. The molecule has 0 N–H and O–H groups in total. The van der Waals surface area contributed by atoms with Gasteiger partial charge in [0.25, 0.3) is 0 Å². The summed E-state index contributed by atoms with van der Waals surface area (Å²) in [4.78, 5) is 1.42. The number of hydrogen-bond donors (Lipinski definition) is 1. The maximum Gasteiger partial charge on any atom is 0.0101 e. The second-order valence-electron chi connectivity index (χ2n) is 3.04. The van der Waals surface area contributed by atoms with Crippen molar-refractivity contribution in [3.05, 3.63) is 29.8 Å². The minimum absolute atomic E-state index is 1.01. The Bertz CT molecular complexity index is 246. The first kappa shape index (κ1) is 11.0. The van der Waals surface area contributed by atoms with Crippen molar-refractivity contribution in [2.24, 2.45) is 0 Å². The van der Waals surface area contributed by atoms with Crippen molar-refractivity contribution in [2.45, 2.75) is 24.7 Å². The highest BCUT2D eigenvalue weighted by molar-refractivity contribution is 7.99. The number of benzene rings is 1. The summed E-state index contributed by atoms with van der Waals surface area (Å²) in [5.41, 5.74) is 1.39. The van der Waals surface area contributed by atoms with Crippen LogP contribution in [0.4, 0.5) is 0 Å². The molecule has 0 spiro atoms. The number of rotatable bonds is 5. The topological polar surface area (TPSA) is 0 Å². The van der Waals surface area contributed by atoms with Gasteiger partial charge in [-0.2, -0.15) is 12.6 Å². The number of unbranched alkanes of at least 4 members (excludes halogenated alkanes) is 1. The molecule has 0 aromatic heterocycles. The van der Waals surface area contributed by atoms with Gasteiger partial charge >= 0.3 is 0 Å². The Kier molecular flexibility index (Phi) is 5.40. The largest absolute Gasteiger partial charge is 0.179 e. The van der Waals surface area contributed by atoms with Gasteiger partial charge in [0.05, 0.1) is 0 Å². The van der Waals surface area contributed by atoms with Crippen LogP contribution in [0.3, 0.4) is 0 Å². The van der Waals surface area contributed by atoms with Gasteiger partial charge in [-0.1, -0.05) is 18.2 Å². The van der Waals surface area contributed by atoms with Crippen LogP contribution in [0.15, 0.2) is 29.2 Å². The van der Waals surface area contributed by atoms with E-state index in [1.165, 1.54) is 29.1 Å². The Morgan fingerprint density at radius 2 is 2.00 bits per heavy atom. The zero-order chi connectivity index (χ0) is 9.52. The van der Waals surface area contributed by atoms with Gasteiger partial charge in [0.1, 0.15) is 0 Å². The van der Waals surface area contributed by atoms with E-state index in [4.69, 9.17) is 0 Å². The third kappa shape index (κ3) is 4.10. The fraction of sp³-hybridized carbons (Fsp3) is 0.455. The third-order valence-electron chi connectivity index (χ3n) is 1.90. The first-order valence-electron chi connectivity index (χ1n) is 4.64. The summed E-state index contributed by atoms with van der Waals surface area (Å²) in [6, 6.07) is 8.56. The molecule has 1 rings (SSSR count). The molecule has 0 nitrogen and oxygen atoms in total. The highest BCUT2D eigenvalue weighted by Gasteiger charge is 1.96. The summed E-state index contributed by atoms with van der Waals surface area (Å²) in [5, 5.41) is 0. The van der Waals surface area contributed by atoms with Crippen LogP contribution in [0.5, 0.6) is 0 Å². The predicted molar refractivity (Wildman–Crippen MR) is 65.0 cm³/mol. The first-order chi connectivity index (χ1) is 6.34. The molecule has 0 atom stereocenters. The molecule has 0 aliphatic heterocycles. The molecule has 0 saturated carbocycles. The number of thioether (sulfide) groups is 1. The van der Waals surface area contributed by atoms with Gasteiger partial charge in [0, 0.05) is 4.90 Å². The lowest BCUT2D eigenvalue weighted by molar-refractivity contribution is 0.909. The highest BCUT2D eigenvalue weighted by Crippen LogP contribution is 2.22. The van der Waals surface area contributed by atoms with Gasteiger partial charge in [-0.25, -0.2) is 0 Å². The fourth-order valence-electron chi connectivity index (χ4n) is 1.11. The molecule has 72 valence electrons. The molecule has 0 bridgehead atoms. The Labute approximate surface area is 90.5 Å². The minimum atomic E-state index is 1.01. The summed E-state index contributed by atoms with van der Waals surface area (Å²) < 4.78 is 0. The SMILES string of the molecule is Cc1ccccc1SCCCCS. The smallest absolute Gasteiger partial charge is 0.0101 e. The van der Waals surface area contributed by atoms with E-state index in [0.29, 0.717) is 0 Å². The quantitative estimate of drug-likeness (QED) is 0.440. The molecule has 0 amide bonds. The average molecular weight is 212 g/mol. The molecule has 1 aromatic rings. The molecule has 1 aromatic carbocycles. The zero-order valence-corrected chi connectivity index (χ0v) is 9.70. The van der Waals surface area contributed by atoms with E-state index in [2.05, 4.69) is 43.8 Å². The van der Waals surface area contributed by atoms with Crippen molar-refractivity contribution in [2.75, 3.05) is 11.5 Å². The molecular formula is C11H16S2. The van der Waals surface area contributed by atoms with E-state index in [-0.39, 0.29) is 0 Å². The van der Waals surface area contributed by atoms with Gasteiger partial charge < -0.3 is 0 Å². The average Bonchev–Trinajstić information content (AvgIpc) is 2.15. The van der Waals surface area contributed by atoms with Gasteiger partial charge in [-0.05, 0) is 42.9 Å². The number of hydrogen-bond acceptors (Lipinski definition) is 2. The maximum atomic E-state index is 4.19. The van der Waals surface area contributed by atoms with Crippen molar-refractivity contribution in [1.29, 1.82) is 0 Å². The maximum absolute atomic E-state index is 4.19. The molecule has 0 radical (unpaired) electrons. The molecule has 0 saturated heterocycles.